The molecular weight excluding hydrogens is 226 g/mol. The Hall–Kier alpha value is -1.35. The Balaban J connectivity index is 1.65. The number of hydrogen-bond acceptors (Lipinski definition) is 3. The zero-order chi connectivity index (χ0) is 12.5. The first kappa shape index (κ1) is 11.7. The lowest BCUT2D eigenvalue weighted by Crippen LogP contribution is -2.16. The molecule has 1 aliphatic carbocycles. The average molecular weight is 245 g/mol. The maximum atomic E-state index is 11.9. The van der Waals surface area contributed by atoms with Crippen molar-refractivity contribution in [1.82, 2.24) is 4.90 Å². The quantitative estimate of drug-likeness (QED) is 0.588. The molecule has 0 aromatic heterocycles. The number of ether oxygens (including phenoxy) is 1. The average Bonchev–Trinajstić information content (AvgIpc) is 3.23. The first-order chi connectivity index (χ1) is 8.81. The Labute approximate surface area is 108 Å². The third-order valence-corrected chi connectivity index (χ3v) is 3.82. The number of carbonyl (C=O) groups excluding carboxylic acids is 1. The predicted molar refractivity (Wildman–Crippen MR) is 68.9 cm³/mol. The Kier molecular flexibility index (Phi) is 3.08. The van der Waals surface area contributed by atoms with Gasteiger partial charge in [0, 0.05) is 12.6 Å². The van der Waals surface area contributed by atoms with Gasteiger partial charge in [0.2, 0.25) is 0 Å². The second kappa shape index (κ2) is 4.73. The molecule has 18 heavy (non-hydrogen) atoms. The van der Waals surface area contributed by atoms with Gasteiger partial charge in [-0.1, -0.05) is 30.3 Å². The molecule has 0 bridgehead atoms. The summed E-state index contributed by atoms with van der Waals surface area (Å²) < 4.78 is 5.16. The van der Waals surface area contributed by atoms with E-state index >= 15 is 0 Å². The fourth-order valence-corrected chi connectivity index (χ4v) is 2.76. The lowest BCUT2D eigenvalue weighted by atomic mass is 10.2. The molecule has 1 heterocycles. The first-order valence-electron chi connectivity index (χ1n) is 6.77. The van der Waals surface area contributed by atoms with E-state index in [0.29, 0.717) is 12.6 Å². The SMILES string of the molecule is CCOC(=O)[C@H]1[C@@H](C2CC2)N1Cc1ccccc1. The van der Waals surface area contributed by atoms with Crippen LogP contribution in [0.5, 0.6) is 0 Å². The van der Waals surface area contributed by atoms with Crippen LogP contribution in [0.25, 0.3) is 0 Å². The molecule has 1 aromatic carbocycles. The number of rotatable bonds is 5. The summed E-state index contributed by atoms with van der Waals surface area (Å²) >= 11 is 0. The molecule has 3 nitrogen and oxygen atoms in total. The van der Waals surface area contributed by atoms with E-state index in [2.05, 4.69) is 17.0 Å². The van der Waals surface area contributed by atoms with Crippen LogP contribution in [0.1, 0.15) is 25.3 Å². The summed E-state index contributed by atoms with van der Waals surface area (Å²) in [7, 11) is 0. The van der Waals surface area contributed by atoms with Crippen LogP contribution >= 0.6 is 0 Å². The molecule has 2 aliphatic rings. The van der Waals surface area contributed by atoms with Gasteiger partial charge in [0.25, 0.3) is 0 Å². The highest BCUT2D eigenvalue weighted by Gasteiger charge is 2.59. The zero-order valence-electron chi connectivity index (χ0n) is 10.7. The third-order valence-electron chi connectivity index (χ3n) is 3.82. The largest absolute Gasteiger partial charge is 0.465 e. The van der Waals surface area contributed by atoms with E-state index in [0.717, 1.165) is 12.5 Å². The number of benzene rings is 1. The first-order valence-corrected chi connectivity index (χ1v) is 6.77. The van der Waals surface area contributed by atoms with Crippen LogP contribution < -0.4 is 0 Å². The standard InChI is InChI=1S/C15H19NO2/c1-2-18-15(17)14-13(12-8-9-12)16(14)10-11-6-4-3-5-7-11/h3-7,12-14H,2,8-10H2,1H3/t13-,14-,16?/m1/s1. The summed E-state index contributed by atoms with van der Waals surface area (Å²) in [5.74, 6) is 0.688. The van der Waals surface area contributed by atoms with E-state index in [1.807, 2.05) is 25.1 Å². The summed E-state index contributed by atoms with van der Waals surface area (Å²) in [6, 6.07) is 10.8. The van der Waals surface area contributed by atoms with Crippen molar-refractivity contribution in [2.75, 3.05) is 6.61 Å². The lowest BCUT2D eigenvalue weighted by Gasteiger charge is -2.04. The molecule has 3 heteroatoms. The Morgan fingerprint density at radius 3 is 2.67 bits per heavy atom. The van der Waals surface area contributed by atoms with Gasteiger partial charge in [-0.05, 0) is 31.2 Å². The van der Waals surface area contributed by atoms with Gasteiger partial charge in [0.15, 0.2) is 0 Å². The number of nitrogens with zero attached hydrogens (tertiary/aromatic N) is 1. The Morgan fingerprint density at radius 1 is 1.33 bits per heavy atom. The predicted octanol–water partition coefficient (Wildman–Crippen LogP) is 2.21. The van der Waals surface area contributed by atoms with Crippen LogP contribution in [0.15, 0.2) is 30.3 Å². The summed E-state index contributed by atoms with van der Waals surface area (Å²) in [5, 5.41) is 0. The van der Waals surface area contributed by atoms with Gasteiger partial charge in [0.1, 0.15) is 6.04 Å². The van der Waals surface area contributed by atoms with E-state index in [-0.39, 0.29) is 12.0 Å². The summed E-state index contributed by atoms with van der Waals surface area (Å²) in [4.78, 5) is 14.2. The van der Waals surface area contributed by atoms with Gasteiger partial charge in [-0.25, -0.2) is 0 Å². The fourth-order valence-electron chi connectivity index (χ4n) is 2.76. The van der Waals surface area contributed by atoms with E-state index < -0.39 is 0 Å². The topological polar surface area (TPSA) is 29.3 Å². The minimum absolute atomic E-state index is 0.0117. The second-order valence-electron chi connectivity index (χ2n) is 5.18. The molecule has 1 aromatic rings. The number of carbonyl (C=O) groups is 1. The van der Waals surface area contributed by atoms with Crippen LogP contribution in [-0.4, -0.2) is 29.6 Å². The highest BCUT2D eigenvalue weighted by molar-refractivity contribution is 5.80. The molecule has 1 aliphatic heterocycles. The van der Waals surface area contributed by atoms with Gasteiger partial charge in [-0.15, -0.1) is 0 Å². The van der Waals surface area contributed by atoms with Crippen molar-refractivity contribution < 1.29 is 9.53 Å². The Morgan fingerprint density at radius 2 is 2.06 bits per heavy atom. The normalized spacial score (nSPS) is 29.9. The van der Waals surface area contributed by atoms with Crippen molar-refractivity contribution in [2.24, 2.45) is 5.92 Å². The molecule has 96 valence electrons. The third kappa shape index (κ3) is 2.27. The van der Waals surface area contributed by atoms with E-state index in [1.54, 1.807) is 0 Å². The fraction of sp³-hybridized carbons (Fsp3) is 0.533. The smallest absolute Gasteiger partial charge is 0.325 e. The lowest BCUT2D eigenvalue weighted by molar-refractivity contribution is -0.143. The van der Waals surface area contributed by atoms with Crippen LogP contribution in [0.2, 0.25) is 0 Å². The maximum absolute atomic E-state index is 11.9. The van der Waals surface area contributed by atoms with Gasteiger partial charge in [-0.2, -0.15) is 0 Å². The van der Waals surface area contributed by atoms with Crippen LogP contribution in [-0.2, 0) is 16.1 Å². The monoisotopic (exact) mass is 245 g/mol. The highest BCUT2D eigenvalue weighted by atomic mass is 16.5. The van der Waals surface area contributed by atoms with Crippen molar-refractivity contribution in [3.05, 3.63) is 35.9 Å². The molecule has 3 rings (SSSR count). The molecule has 1 unspecified atom stereocenters. The molecular formula is C15H19NO2. The summed E-state index contributed by atoms with van der Waals surface area (Å²) in [5.41, 5.74) is 1.27. The van der Waals surface area contributed by atoms with E-state index in [1.165, 1.54) is 18.4 Å². The van der Waals surface area contributed by atoms with E-state index in [9.17, 15) is 4.79 Å². The van der Waals surface area contributed by atoms with Crippen molar-refractivity contribution in [1.29, 1.82) is 0 Å². The highest BCUT2D eigenvalue weighted by Crippen LogP contribution is 2.47. The van der Waals surface area contributed by atoms with Crippen LogP contribution in [0.4, 0.5) is 0 Å². The molecule has 1 saturated heterocycles. The van der Waals surface area contributed by atoms with Crippen LogP contribution in [0, 0.1) is 5.92 Å². The molecule has 3 atom stereocenters. The molecule has 0 radical (unpaired) electrons. The van der Waals surface area contributed by atoms with Crippen LogP contribution in [0.3, 0.4) is 0 Å². The summed E-state index contributed by atoms with van der Waals surface area (Å²) in [6.45, 7) is 3.21. The van der Waals surface area contributed by atoms with Crippen molar-refractivity contribution in [2.45, 2.75) is 38.4 Å². The molecule has 0 N–H and O–H groups in total. The number of esters is 1. The van der Waals surface area contributed by atoms with E-state index in [4.69, 9.17) is 4.74 Å². The molecule has 0 spiro atoms. The van der Waals surface area contributed by atoms with Crippen molar-refractivity contribution >= 4 is 5.97 Å². The number of hydrogen-bond donors (Lipinski definition) is 0. The van der Waals surface area contributed by atoms with Gasteiger partial charge in [-0.3, -0.25) is 9.69 Å². The van der Waals surface area contributed by atoms with Gasteiger partial charge in [0.05, 0.1) is 6.61 Å². The summed E-state index contributed by atoms with van der Waals surface area (Å²) in [6.07, 6.45) is 2.54. The molecule has 2 fully saturated rings. The molecule has 0 amide bonds. The minimum Gasteiger partial charge on any atom is -0.465 e. The van der Waals surface area contributed by atoms with Crippen molar-refractivity contribution in [3.8, 4) is 0 Å². The Bertz CT molecular complexity index is 427. The molecule has 1 saturated carbocycles. The van der Waals surface area contributed by atoms with Gasteiger partial charge < -0.3 is 4.74 Å². The second-order valence-corrected chi connectivity index (χ2v) is 5.18. The zero-order valence-corrected chi connectivity index (χ0v) is 10.7. The van der Waals surface area contributed by atoms with Gasteiger partial charge >= 0.3 is 5.97 Å². The maximum Gasteiger partial charge on any atom is 0.325 e. The van der Waals surface area contributed by atoms with Crippen molar-refractivity contribution in [3.63, 3.8) is 0 Å². The minimum atomic E-state index is -0.0367.